The quantitative estimate of drug-likeness (QED) is 0.867. The minimum absolute atomic E-state index is 0.296. The van der Waals surface area contributed by atoms with E-state index in [0.29, 0.717) is 54.5 Å². The summed E-state index contributed by atoms with van der Waals surface area (Å²) in [6, 6.07) is 4.92. The average Bonchev–Trinajstić information content (AvgIpc) is 3.02. The van der Waals surface area contributed by atoms with E-state index in [1.54, 1.807) is 22.5 Å². The fraction of sp³-hybridized carbons (Fsp3) is 0.600. The van der Waals surface area contributed by atoms with Crippen LogP contribution in [0.25, 0.3) is 0 Å². The molecule has 0 unspecified atom stereocenters. The molecule has 22 heavy (non-hydrogen) atoms. The predicted octanol–water partition coefficient (Wildman–Crippen LogP) is 0.688. The van der Waals surface area contributed by atoms with Crippen LogP contribution in [0.15, 0.2) is 23.1 Å². The highest BCUT2D eigenvalue weighted by Crippen LogP contribution is 2.35. The van der Waals surface area contributed by atoms with E-state index in [4.69, 9.17) is 9.47 Å². The van der Waals surface area contributed by atoms with Gasteiger partial charge in [-0.05, 0) is 37.1 Å². The first-order chi connectivity index (χ1) is 10.6. The Bertz CT molecular complexity index is 664. The van der Waals surface area contributed by atoms with Gasteiger partial charge in [0.25, 0.3) is 0 Å². The van der Waals surface area contributed by atoms with Gasteiger partial charge in [0.2, 0.25) is 10.0 Å². The molecule has 0 spiro atoms. The molecule has 1 aromatic rings. The molecule has 2 atom stereocenters. The second-order valence-corrected chi connectivity index (χ2v) is 8.10. The summed E-state index contributed by atoms with van der Waals surface area (Å²) in [5.74, 6) is 2.03. The first kappa shape index (κ1) is 14.3. The molecule has 3 heterocycles. The third kappa shape index (κ3) is 2.37. The van der Waals surface area contributed by atoms with Crippen LogP contribution in [-0.2, 0) is 10.0 Å². The lowest BCUT2D eigenvalue weighted by Gasteiger charge is -2.18. The van der Waals surface area contributed by atoms with E-state index < -0.39 is 10.0 Å². The van der Waals surface area contributed by atoms with Gasteiger partial charge in [-0.15, -0.1) is 0 Å². The van der Waals surface area contributed by atoms with E-state index in [1.807, 2.05) is 0 Å². The molecule has 0 aliphatic carbocycles. The van der Waals surface area contributed by atoms with E-state index in [-0.39, 0.29) is 0 Å². The summed E-state index contributed by atoms with van der Waals surface area (Å²) in [5, 5.41) is 3.33. The standard InChI is InChI=1S/C15H20N2O4S/c18-22(19,17-9-11-7-16-8-12(11)10-17)13-2-3-14-15(6-13)21-5-1-4-20-14/h2-3,6,11-12,16H,1,4-5,7-10H2/t11-,12+. The largest absolute Gasteiger partial charge is 0.490 e. The lowest BCUT2D eigenvalue weighted by Crippen LogP contribution is -2.31. The Hall–Kier alpha value is -1.31. The molecule has 3 aliphatic heterocycles. The van der Waals surface area contributed by atoms with Crippen molar-refractivity contribution in [2.75, 3.05) is 39.4 Å². The normalized spacial score (nSPS) is 28.4. The molecule has 0 aromatic heterocycles. The van der Waals surface area contributed by atoms with Gasteiger partial charge in [-0.1, -0.05) is 0 Å². The summed E-state index contributed by atoms with van der Waals surface area (Å²) >= 11 is 0. The van der Waals surface area contributed by atoms with Crippen LogP contribution in [0.3, 0.4) is 0 Å². The first-order valence-electron chi connectivity index (χ1n) is 7.75. The molecule has 0 radical (unpaired) electrons. The molecular weight excluding hydrogens is 304 g/mol. The van der Waals surface area contributed by atoms with Crippen molar-refractivity contribution in [3.05, 3.63) is 18.2 Å². The maximum absolute atomic E-state index is 12.8. The number of ether oxygens (including phenoxy) is 2. The number of sulfonamides is 1. The van der Waals surface area contributed by atoms with E-state index in [1.165, 1.54) is 0 Å². The zero-order valence-electron chi connectivity index (χ0n) is 12.3. The molecule has 4 rings (SSSR count). The monoisotopic (exact) mass is 324 g/mol. The van der Waals surface area contributed by atoms with Crippen LogP contribution in [0.4, 0.5) is 0 Å². The van der Waals surface area contributed by atoms with Gasteiger partial charge in [-0.2, -0.15) is 4.31 Å². The van der Waals surface area contributed by atoms with Crippen molar-refractivity contribution in [3.8, 4) is 11.5 Å². The Morgan fingerprint density at radius 3 is 2.45 bits per heavy atom. The second kappa shape index (κ2) is 5.40. The number of hydrogen-bond donors (Lipinski definition) is 1. The Morgan fingerprint density at radius 2 is 1.73 bits per heavy atom. The van der Waals surface area contributed by atoms with Crippen molar-refractivity contribution in [3.63, 3.8) is 0 Å². The van der Waals surface area contributed by atoms with Crippen molar-refractivity contribution in [2.45, 2.75) is 11.3 Å². The minimum Gasteiger partial charge on any atom is -0.490 e. The van der Waals surface area contributed by atoms with Gasteiger partial charge < -0.3 is 14.8 Å². The van der Waals surface area contributed by atoms with Gasteiger partial charge in [-0.25, -0.2) is 8.42 Å². The van der Waals surface area contributed by atoms with Crippen LogP contribution in [0.1, 0.15) is 6.42 Å². The molecule has 7 heteroatoms. The summed E-state index contributed by atoms with van der Waals surface area (Å²) in [7, 11) is -3.46. The van der Waals surface area contributed by atoms with Gasteiger partial charge in [0.15, 0.2) is 11.5 Å². The molecular formula is C15H20N2O4S. The van der Waals surface area contributed by atoms with E-state index in [9.17, 15) is 8.42 Å². The van der Waals surface area contributed by atoms with Crippen LogP contribution in [0, 0.1) is 11.8 Å². The molecule has 0 amide bonds. The maximum atomic E-state index is 12.8. The number of nitrogens with zero attached hydrogens (tertiary/aromatic N) is 1. The smallest absolute Gasteiger partial charge is 0.243 e. The van der Waals surface area contributed by atoms with Crippen molar-refractivity contribution in [1.82, 2.24) is 9.62 Å². The highest BCUT2D eigenvalue weighted by atomic mass is 32.2. The third-order valence-corrected chi connectivity index (χ3v) is 6.54. The van der Waals surface area contributed by atoms with Crippen LogP contribution >= 0.6 is 0 Å². The van der Waals surface area contributed by atoms with E-state index in [2.05, 4.69) is 5.32 Å². The molecule has 2 saturated heterocycles. The highest BCUT2D eigenvalue weighted by molar-refractivity contribution is 7.89. The van der Waals surface area contributed by atoms with Gasteiger partial charge in [0.1, 0.15) is 0 Å². The summed E-state index contributed by atoms with van der Waals surface area (Å²) in [5.41, 5.74) is 0. The number of rotatable bonds is 2. The summed E-state index contributed by atoms with van der Waals surface area (Å²) < 4.78 is 38.5. The number of nitrogens with one attached hydrogen (secondary N) is 1. The molecule has 2 fully saturated rings. The van der Waals surface area contributed by atoms with Crippen molar-refractivity contribution < 1.29 is 17.9 Å². The molecule has 0 bridgehead atoms. The fourth-order valence-electron chi connectivity index (χ4n) is 3.46. The molecule has 1 aromatic carbocycles. The zero-order valence-corrected chi connectivity index (χ0v) is 13.1. The van der Waals surface area contributed by atoms with Gasteiger partial charge in [-0.3, -0.25) is 0 Å². The second-order valence-electron chi connectivity index (χ2n) is 6.16. The summed E-state index contributed by atoms with van der Waals surface area (Å²) in [6.45, 7) is 4.19. The Labute approximate surface area is 130 Å². The summed E-state index contributed by atoms with van der Waals surface area (Å²) in [6.07, 6.45) is 0.805. The van der Waals surface area contributed by atoms with Crippen molar-refractivity contribution in [1.29, 1.82) is 0 Å². The van der Waals surface area contributed by atoms with E-state index in [0.717, 1.165) is 19.5 Å². The topological polar surface area (TPSA) is 67.9 Å². The minimum atomic E-state index is -3.46. The lowest BCUT2D eigenvalue weighted by atomic mass is 10.0. The molecule has 120 valence electrons. The van der Waals surface area contributed by atoms with Crippen LogP contribution in [0.5, 0.6) is 11.5 Å². The molecule has 0 saturated carbocycles. The number of hydrogen-bond acceptors (Lipinski definition) is 5. The molecule has 1 N–H and O–H groups in total. The molecule has 6 nitrogen and oxygen atoms in total. The lowest BCUT2D eigenvalue weighted by molar-refractivity contribution is 0.297. The van der Waals surface area contributed by atoms with Crippen LogP contribution < -0.4 is 14.8 Å². The Morgan fingerprint density at radius 1 is 1.05 bits per heavy atom. The number of fused-ring (bicyclic) bond motifs is 2. The Kier molecular flexibility index (Phi) is 3.51. The van der Waals surface area contributed by atoms with E-state index >= 15 is 0 Å². The SMILES string of the molecule is O=S(=O)(c1ccc2c(c1)OCCCO2)N1C[C@H]2CNC[C@H]2C1. The zero-order chi connectivity index (χ0) is 15.2. The Balaban J connectivity index is 1.62. The van der Waals surface area contributed by atoms with Crippen molar-refractivity contribution >= 4 is 10.0 Å². The molecule has 3 aliphatic rings. The predicted molar refractivity (Wildman–Crippen MR) is 80.7 cm³/mol. The van der Waals surface area contributed by atoms with Crippen LogP contribution in [0.2, 0.25) is 0 Å². The van der Waals surface area contributed by atoms with Gasteiger partial charge >= 0.3 is 0 Å². The number of benzene rings is 1. The third-order valence-electron chi connectivity index (χ3n) is 4.71. The summed E-state index contributed by atoms with van der Waals surface area (Å²) in [4.78, 5) is 0.296. The van der Waals surface area contributed by atoms with Gasteiger partial charge in [0.05, 0.1) is 18.1 Å². The van der Waals surface area contributed by atoms with Crippen molar-refractivity contribution in [2.24, 2.45) is 11.8 Å². The first-order valence-corrected chi connectivity index (χ1v) is 9.19. The van der Waals surface area contributed by atoms with Crippen LogP contribution in [-0.4, -0.2) is 52.1 Å². The maximum Gasteiger partial charge on any atom is 0.243 e. The highest BCUT2D eigenvalue weighted by Gasteiger charge is 2.41. The van der Waals surface area contributed by atoms with Gasteiger partial charge in [0, 0.05) is 25.6 Å². The average molecular weight is 324 g/mol. The fourth-order valence-corrected chi connectivity index (χ4v) is 5.03.